The molecule has 0 saturated heterocycles. The molecule has 0 N–H and O–H groups in total. The van der Waals surface area contributed by atoms with Gasteiger partial charge in [0.25, 0.3) is 0 Å². The first-order chi connectivity index (χ1) is 8.75. The van der Waals surface area contributed by atoms with Crippen LogP contribution >= 0.6 is 0 Å². The van der Waals surface area contributed by atoms with Crippen molar-refractivity contribution in [1.29, 1.82) is 0 Å². The standard InChI is InChI=1S/C16H26O2/c1-13(14-8-4-2-5-9-14)12-16(17)18-15-10-6-3-7-11-15/h12,14-15H,2-11H2,1H3. The molecule has 0 atom stereocenters. The van der Waals surface area contributed by atoms with E-state index in [-0.39, 0.29) is 12.1 Å². The molecule has 2 rings (SSSR count). The summed E-state index contributed by atoms with van der Waals surface area (Å²) in [6.45, 7) is 2.10. The fourth-order valence-electron chi connectivity index (χ4n) is 3.24. The Bertz CT molecular complexity index is 294. The highest BCUT2D eigenvalue weighted by Gasteiger charge is 2.19. The van der Waals surface area contributed by atoms with E-state index in [1.165, 1.54) is 56.9 Å². The van der Waals surface area contributed by atoms with Crippen LogP contribution in [0.3, 0.4) is 0 Å². The van der Waals surface area contributed by atoms with Crippen LogP contribution in [0.15, 0.2) is 11.6 Å². The van der Waals surface area contributed by atoms with Gasteiger partial charge in [-0.2, -0.15) is 0 Å². The normalized spacial score (nSPS) is 23.9. The highest BCUT2D eigenvalue weighted by atomic mass is 16.5. The van der Waals surface area contributed by atoms with Gasteiger partial charge in [-0.3, -0.25) is 0 Å². The molecule has 0 radical (unpaired) electrons. The Kier molecular flexibility index (Phi) is 5.27. The van der Waals surface area contributed by atoms with E-state index in [1.54, 1.807) is 6.08 Å². The predicted octanol–water partition coefficient (Wildman–Crippen LogP) is 4.39. The van der Waals surface area contributed by atoms with Gasteiger partial charge in [-0.15, -0.1) is 0 Å². The van der Waals surface area contributed by atoms with Gasteiger partial charge in [-0.1, -0.05) is 31.3 Å². The molecule has 0 aromatic rings. The first kappa shape index (κ1) is 13.6. The largest absolute Gasteiger partial charge is 0.459 e. The van der Waals surface area contributed by atoms with E-state index < -0.39 is 0 Å². The SMILES string of the molecule is CC(=CC(=O)OC1CCCCC1)C1CCCCC1. The van der Waals surface area contributed by atoms with E-state index in [4.69, 9.17) is 4.74 Å². The molecule has 2 fully saturated rings. The maximum Gasteiger partial charge on any atom is 0.330 e. The minimum absolute atomic E-state index is 0.107. The second-order valence-electron chi connectivity index (χ2n) is 5.92. The monoisotopic (exact) mass is 250 g/mol. The van der Waals surface area contributed by atoms with E-state index in [1.807, 2.05) is 0 Å². The van der Waals surface area contributed by atoms with Gasteiger partial charge in [0, 0.05) is 6.08 Å². The van der Waals surface area contributed by atoms with Crippen LogP contribution < -0.4 is 0 Å². The third-order valence-electron chi connectivity index (χ3n) is 4.43. The maximum atomic E-state index is 11.9. The number of hydrogen-bond acceptors (Lipinski definition) is 2. The molecular weight excluding hydrogens is 224 g/mol. The van der Waals surface area contributed by atoms with Crippen molar-refractivity contribution in [2.24, 2.45) is 5.92 Å². The molecule has 2 aliphatic carbocycles. The van der Waals surface area contributed by atoms with E-state index in [0.29, 0.717) is 5.92 Å². The van der Waals surface area contributed by atoms with Crippen LogP contribution in [0.25, 0.3) is 0 Å². The topological polar surface area (TPSA) is 26.3 Å². The van der Waals surface area contributed by atoms with Crippen molar-refractivity contribution >= 4 is 5.97 Å². The fourth-order valence-corrected chi connectivity index (χ4v) is 3.24. The maximum absolute atomic E-state index is 11.9. The summed E-state index contributed by atoms with van der Waals surface area (Å²) in [6.07, 6.45) is 14.3. The molecule has 0 amide bonds. The van der Waals surface area contributed by atoms with Crippen molar-refractivity contribution < 1.29 is 9.53 Å². The minimum atomic E-state index is -0.107. The van der Waals surface area contributed by atoms with Gasteiger partial charge in [0.15, 0.2) is 0 Å². The van der Waals surface area contributed by atoms with Gasteiger partial charge in [-0.25, -0.2) is 4.79 Å². The number of allylic oxidation sites excluding steroid dienone is 1. The van der Waals surface area contributed by atoms with Crippen LogP contribution in [0, 0.1) is 5.92 Å². The number of ether oxygens (including phenoxy) is 1. The first-order valence-corrected chi connectivity index (χ1v) is 7.64. The molecule has 18 heavy (non-hydrogen) atoms. The molecule has 0 aromatic carbocycles. The third-order valence-corrected chi connectivity index (χ3v) is 4.43. The van der Waals surface area contributed by atoms with E-state index in [0.717, 1.165) is 12.8 Å². The molecule has 102 valence electrons. The average molecular weight is 250 g/mol. The van der Waals surface area contributed by atoms with Crippen molar-refractivity contribution in [1.82, 2.24) is 0 Å². The minimum Gasteiger partial charge on any atom is -0.459 e. The number of esters is 1. The van der Waals surface area contributed by atoms with Crippen LogP contribution in [0.1, 0.15) is 71.1 Å². The molecule has 0 spiro atoms. The second-order valence-corrected chi connectivity index (χ2v) is 5.92. The van der Waals surface area contributed by atoms with Crippen LogP contribution in [-0.4, -0.2) is 12.1 Å². The smallest absolute Gasteiger partial charge is 0.330 e. The van der Waals surface area contributed by atoms with Crippen LogP contribution in [0.5, 0.6) is 0 Å². The van der Waals surface area contributed by atoms with Crippen molar-refractivity contribution in [3.05, 3.63) is 11.6 Å². The van der Waals surface area contributed by atoms with Gasteiger partial charge < -0.3 is 4.74 Å². The molecule has 0 unspecified atom stereocenters. The molecule has 2 aliphatic rings. The lowest BCUT2D eigenvalue weighted by atomic mass is 9.84. The zero-order valence-electron chi connectivity index (χ0n) is 11.6. The van der Waals surface area contributed by atoms with Crippen molar-refractivity contribution in [3.8, 4) is 0 Å². The highest BCUT2D eigenvalue weighted by Crippen LogP contribution is 2.29. The molecule has 0 heterocycles. The lowest BCUT2D eigenvalue weighted by Crippen LogP contribution is -2.20. The molecule has 2 nitrogen and oxygen atoms in total. The summed E-state index contributed by atoms with van der Waals surface area (Å²) in [5.74, 6) is 0.516. The summed E-state index contributed by atoms with van der Waals surface area (Å²) in [6, 6.07) is 0. The Hall–Kier alpha value is -0.790. The number of hydrogen-bond donors (Lipinski definition) is 0. The Balaban J connectivity index is 1.80. The molecule has 0 aromatic heterocycles. The van der Waals surface area contributed by atoms with Crippen LogP contribution in [0.2, 0.25) is 0 Å². The Labute approximate surface area is 111 Å². The summed E-state index contributed by atoms with van der Waals surface area (Å²) >= 11 is 0. The molecule has 0 aliphatic heterocycles. The highest BCUT2D eigenvalue weighted by molar-refractivity contribution is 5.82. The quantitative estimate of drug-likeness (QED) is 0.548. The number of carbonyl (C=O) groups is 1. The lowest BCUT2D eigenvalue weighted by molar-refractivity contribution is -0.144. The molecular formula is C16H26O2. The summed E-state index contributed by atoms with van der Waals surface area (Å²) in [4.78, 5) is 11.9. The lowest BCUT2D eigenvalue weighted by Gasteiger charge is -2.23. The fraction of sp³-hybridized carbons (Fsp3) is 0.812. The van der Waals surface area contributed by atoms with Gasteiger partial charge in [-0.05, 0) is 51.4 Å². The van der Waals surface area contributed by atoms with Crippen molar-refractivity contribution in [2.75, 3.05) is 0 Å². The zero-order chi connectivity index (χ0) is 12.8. The van der Waals surface area contributed by atoms with E-state index >= 15 is 0 Å². The summed E-state index contributed by atoms with van der Waals surface area (Å²) < 4.78 is 5.54. The predicted molar refractivity (Wildman–Crippen MR) is 73.3 cm³/mol. The summed E-state index contributed by atoms with van der Waals surface area (Å²) in [5.41, 5.74) is 1.23. The van der Waals surface area contributed by atoms with Gasteiger partial charge in [0.2, 0.25) is 0 Å². The Morgan fingerprint density at radius 1 is 0.944 bits per heavy atom. The zero-order valence-corrected chi connectivity index (χ0v) is 11.6. The third kappa shape index (κ3) is 4.15. The summed E-state index contributed by atoms with van der Waals surface area (Å²) in [5, 5.41) is 0. The van der Waals surface area contributed by atoms with Gasteiger partial charge in [0.05, 0.1) is 0 Å². The number of carbonyl (C=O) groups excluding carboxylic acids is 1. The molecule has 2 heteroatoms. The van der Waals surface area contributed by atoms with Gasteiger partial charge >= 0.3 is 5.97 Å². The van der Waals surface area contributed by atoms with Crippen molar-refractivity contribution in [3.63, 3.8) is 0 Å². The number of rotatable bonds is 3. The second kappa shape index (κ2) is 6.96. The first-order valence-electron chi connectivity index (χ1n) is 7.64. The molecule has 0 bridgehead atoms. The average Bonchev–Trinajstić information content (AvgIpc) is 2.40. The van der Waals surface area contributed by atoms with E-state index in [2.05, 4.69) is 6.92 Å². The Morgan fingerprint density at radius 2 is 1.50 bits per heavy atom. The van der Waals surface area contributed by atoms with Crippen LogP contribution in [-0.2, 0) is 9.53 Å². The summed E-state index contributed by atoms with van der Waals surface area (Å²) in [7, 11) is 0. The van der Waals surface area contributed by atoms with Crippen LogP contribution in [0.4, 0.5) is 0 Å². The van der Waals surface area contributed by atoms with E-state index in [9.17, 15) is 4.79 Å². The molecule has 2 saturated carbocycles. The van der Waals surface area contributed by atoms with Crippen molar-refractivity contribution in [2.45, 2.75) is 77.2 Å². The Morgan fingerprint density at radius 3 is 2.11 bits per heavy atom. The van der Waals surface area contributed by atoms with Gasteiger partial charge in [0.1, 0.15) is 6.10 Å².